The zero-order valence-electron chi connectivity index (χ0n) is 11.5. The van der Waals surface area contributed by atoms with Crippen LogP contribution in [0.25, 0.3) is 0 Å². The summed E-state index contributed by atoms with van der Waals surface area (Å²) in [5.74, 6) is 2.49. The van der Waals surface area contributed by atoms with Gasteiger partial charge < -0.3 is 5.32 Å². The van der Waals surface area contributed by atoms with Crippen LogP contribution in [0.15, 0.2) is 0 Å². The highest BCUT2D eigenvalue weighted by atomic mass is 14.9. The Kier molecular flexibility index (Phi) is 9.18. The Morgan fingerprint density at radius 1 is 0.733 bits per heavy atom. The van der Waals surface area contributed by atoms with Gasteiger partial charge in [0.05, 0.1) is 0 Å². The van der Waals surface area contributed by atoms with Gasteiger partial charge in [0.15, 0.2) is 0 Å². The molecule has 1 atom stereocenters. The number of hydrogen-bond acceptors (Lipinski definition) is 1. The average molecular weight is 213 g/mol. The van der Waals surface area contributed by atoms with E-state index in [1.807, 2.05) is 0 Å². The first-order valence-electron chi connectivity index (χ1n) is 6.73. The van der Waals surface area contributed by atoms with Gasteiger partial charge in [-0.3, -0.25) is 0 Å². The third kappa shape index (κ3) is 11.9. The molecule has 0 aromatic heterocycles. The van der Waals surface area contributed by atoms with Crippen LogP contribution in [0.3, 0.4) is 0 Å². The molecule has 1 heteroatoms. The Morgan fingerprint density at radius 2 is 1.33 bits per heavy atom. The molecule has 0 amide bonds. The van der Waals surface area contributed by atoms with Crippen LogP contribution in [0.4, 0.5) is 0 Å². The molecule has 0 saturated heterocycles. The molecule has 0 saturated carbocycles. The summed E-state index contributed by atoms with van der Waals surface area (Å²) >= 11 is 0. The van der Waals surface area contributed by atoms with Gasteiger partial charge in [-0.15, -0.1) is 0 Å². The van der Waals surface area contributed by atoms with Crippen LogP contribution in [-0.4, -0.2) is 13.1 Å². The van der Waals surface area contributed by atoms with E-state index in [0.29, 0.717) is 0 Å². The van der Waals surface area contributed by atoms with Crippen molar-refractivity contribution in [2.24, 2.45) is 17.8 Å². The topological polar surface area (TPSA) is 12.0 Å². The second-order valence-corrected chi connectivity index (χ2v) is 5.84. The van der Waals surface area contributed by atoms with Gasteiger partial charge in [0.2, 0.25) is 0 Å². The molecule has 1 unspecified atom stereocenters. The van der Waals surface area contributed by atoms with E-state index < -0.39 is 0 Å². The lowest BCUT2D eigenvalue weighted by molar-refractivity contribution is 0.425. The van der Waals surface area contributed by atoms with Crippen LogP contribution < -0.4 is 5.32 Å². The molecular weight excluding hydrogens is 182 g/mol. The van der Waals surface area contributed by atoms with E-state index in [1.165, 1.54) is 32.2 Å². The van der Waals surface area contributed by atoms with Crippen LogP contribution in [0.2, 0.25) is 0 Å². The van der Waals surface area contributed by atoms with E-state index in [9.17, 15) is 0 Å². The van der Waals surface area contributed by atoms with Crippen molar-refractivity contribution in [1.82, 2.24) is 5.32 Å². The van der Waals surface area contributed by atoms with Gasteiger partial charge in [-0.05, 0) is 37.3 Å². The van der Waals surface area contributed by atoms with Crippen molar-refractivity contribution in [3.8, 4) is 0 Å². The van der Waals surface area contributed by atoms with Crippen molar-refractivity contribution < 1.29 is 0 Å². The molecule has 92 valence electrons. The van der Waals surface area contributed by atoms with Crippen molar-refractivity contribution in [1.29, 1.82) is 0 Å². The molecule has 0 aliphatic carbocycles. The van der Waals surface area contributed by atoms with Crippen molar-refractivity contribution in [2.45, 2.75) is 60.3 Å². The van der Waals surface area contributed by atoms with E-state index in [-0.39, 0.29) is 0 Å². The lowest BCUT2D eigenvalue weighted by Crippen LogP contribution is -2.25. The summed E-state index contributed by atoms with van der Waals surface area (Å²) in [5.41, 5.74) is 0. The van der Waals surface area contributed by atoms with Gasteiger partial charge in [-0.1, -0.05) is 53.9 Å². The molecule has 1 N–H and O–H groups in total. The molecule has 0 radical (unpaired) electrons. The molecule has 0 bridgehead atoms. The fourth-order valence-electron chi connectivity index (χ4n) is 1.77. The summed E-state index contributed by atoms with van der Waals surface area (Å²) in [6.45, 7) is 13.9. The first kappa shape index (κ1) is 15.0. The normalized spacial score (nSPS) is 13.8. The average Bonchev–Trinajstić information content (AvgIpc) is 2.11. The summed E-state index contributed by atoms with van der Waals surface area (Å²) in [6, 6.07) is 0. The van der Waals surface area contributed by atoms with Gasteiger partial charge >= 0.3 is 0 Å². The third-order valence-electron chi connectivity index (χ3n) is 2.77. The van der Waals surface area contributed by atoms with Gasteiger partial charge in [-0.25, -0.2) is 0 Å². The molecule has 0 aliphatic heterocycles. The molecule has 0 aromatic rings. The first-order chi connectivity index (χ1) is 7.02. The summed E-state index contributed by atoms with van der Waals surface area (Å²) in [5, 5.41) is 3.53. The van der Waals surface area contributed by atoms with Gasteiger partial charge in [0.1, 0.15) is 0 Å². The van der Waals surface area contributed by atoms with Crippen molar-refractivity contribution >= 4 is 0 Å². The SMILES string of the molecule is CC(C)CCCCC(C)CNCC(C)C. The first-order valence-corrected chi connectivity index (χ1v) is 6.73. The van der Waals surface area contributed by atoms with E-state index >= 15 is 0 Å². The number of rotatable bonds is 9. The zero-order chi connectivity index (χ0) is 11.7. The van der Waals surface area contributed by atoms with E-state index in [1.54, 1.807) is 0 Å². The fourth-order valence-corrected chi connectivity index (χ4v) is 1.77. The van der Waals surface area contributed by atoms with Crippen molar-refractivity contribution in [3.05, 3.63) is 0 Å². The Hall–Kier alpha value is -0.0400. The van der Waals surface area contributed by atoms with E-state index in [0.717, 1.165) is 24.3 Å². The van der Waals surface area contributed by atoms with E-state index in [2.05, 4.69) is 39.9 Å². The van der Waals surface area contributed by atoms with Crippen LogP contribution in [0, 0.1) is 17.8 Å². The highest BCUT2D eigenvalue weighted by Crippen LogP contribution is 2.12. The third-order valence-corrected chi connectivity index (χ3v) is 2.77. The zero-order valence-corrected chi connectivity index (χ0v) is 11.5. The standard InChI is InChI=1S/C14H31N/c1-12(2)8-6-7-9-14(5)11-15-10-13(3)4/h12-15H,6-11H2,1-5H3. The van der Waals surface area contributed by atoms with Crippen molar-refractivity contribution in [2.75, 3.05) is 13.1 Å². The minimum atomic E-state index is 0.776. The van der Waals surface area contributed by atoms with Gasteiger partial charge in [0.25, 0.3) is 0 Å². The van der Waals surface area contributed by atoms with Gasteiger partial charge in [0, 0.05) is 0 Å². The van der Waals surface area contributed by atoms with Crippen LogP contribution in [-0.2, 0) is 0 Å². The quantitative estimate of drug-likeness (QED) is 0.569. The molecule has 0 aromatic carbocycles. The molecular formula is C14H31N. The number of unbranched alkanes of at least 4 members (excludes halogenated alkanes) is 1. The van der Waals surface area contributed by atoms with Crippen LogP contribution >= 0.6 is 0 Å². The predicted octanol–water partition coefficient (Wildman–Crippen LogP) is 4.08. The Morgan fingerprint density at radius 3 is 1.87 bits per heavy atom. The highest BCUT2D eigenvalue weighted by molar-refractivity contribution is 4.59. The lowest BCUT2D eigenvalue weighted by Gasteiger charge is -2.14. The highest BCUT2D eigenvalue weighted by Gasteiger charge is 2.02. The lowest BCUT2D eigenvalue weighted by atomic mass is 10.00. The maximum atomic E-state index is 3.53. The molecule has 0 heterocycles. The second-order valence-electron chi connectivity index (χ2n) is 5.84. The maximum absolute atomic E-state index is 3.53. The Labute approximate surface area is 97.0 Å². The van der Waals surface area contributed by atoms with Crippen LogP contribution in [0.1, 0.15) is 60.3 Å². The number of nitrogens with one attached hydrogen (secondary N) is 1. The van der Waals surface area contributed by atoms with Crippen molar-refractivity contribution in [3.63, 3.8) is 0 Å². The molecule has 0 fully saturated rings. The molecule has 0 aliphatic rings. The number of hydrogen-bond donors (Lipinski definition) is 1. The predicted molar refractivity (Wildman–Crippen MR) is 70.2 cm³/mol. The monoisotopic (exact) mass is 213 g/mol. The second kappa shape index (κ2) is 9.21. The van der Waals surface area contributed by atoms with Gasteiger partial charge in [-0.2, -0.15) is 0 Å². The largest absolute Gasteiger partial charge is 0.316 e. The Balaban J connectivity index is 3.22. The summed E-state index contributed by atoms with van der Waals surface area (Å²) < 4.78 is 0. The molecule has 0 rings (SSSR count). The molecule has 0 spiro atoms. The van der Waals surface area contributed by atoms with Crippen LogP contribution in [0.5, 0.6) is 0 Å². The molecule has 1 nitrogen and oxygen atoms in total. The minimum Gasteiger partial charge on any atom is -0.316 e. The van der Waals surface area contributed by atoms with E-state index in [4.69, 9.17) is 0 Å². The fraction of sp³-hybridized carbons (Fsp3) is 1.00. The molecule has 15 heavy (non-hydrogen) atoms. The summed E-state index contributed by atoms with van der Waals surface area (Å²) in [7, 11) is 0. The minimum absolute atomic E-state index is 0.776. The Bertz CT molecular complexity index is 129. The summed E-state index contributed by atoms with van der Waals surface area (Å²) in [6.07, 6.45) is 5.60. The smallest absolute Gasteiger partial charge is 0.00230 e. The summed E-state index contributed by atoms with van der Waals surface area (Å²) in [4.78, 5) is 0. The maximum Gasteiger partial charge on any atom is -0.00230 e.